The molecule has 1 amide bonds. The van der Waals surface area contributed by atoms with Gasteiger partial charge in [-0.3, -0.25) is 9.78 Å². The maximum atomic E-state index is 12.0. The van der Waals surface area contributed by atoms with Crippen LogP contribution in [0.25, 0.3) is 0 Å². The van der Waals surface area contributed by atoms with Gasteiger partial charge in [0.05, 0.1) is 6.04 Å². The van der Waals surface area contributed by atoms with Gasteiger partial charge in [0.2, 0.25) is 5.91 Å². The number of hydrogen-bond donors (Lipinski definition) is 2. The highest BCUT2D eigenvalue weighted by atomic mass is 16.2. The summed E-state index contributed by atoms with van der Waals surface area (Å²) in [6.07, 6.45) is 4.04. The fraction of sp³-hybridized carbons (Fsp3) is 0.250. The number of carbonyl (C=O) groups is 1. The molecular weight excluding hydrogens is 250 g/mol. The summed E-state index contributed by atoms with van der Waals surface area (Å²) in [4.78, 5) is 16.0. The van der Waals surface area contributed by atoms with Crippen molar-refractivity contribution >= 4 is 5.91 Å². The van der Waals surface area contributed by atoms with Gasteiger partial charge in [0.25, 0.3) is 0 Å². The third kappa shape index (κ3) is 3.90. The molecule has 0 saturated carbocycles. The molecule has 0 unspecified atom stereocenters. The zero-order valence-electron chi connectivity index (χ0n) is 11.5. The molecule has 0 bridgehead atoms. The van der Waals surface area contributed by atoms with E-state index in [0.29, 0.717) is 13.0 Å². The van der Waals surface area contributed by atoms with Gasteiger partial charge in [0.15, 0.2) is 0 Å². The van der Waals surface area contributed by atoms with Gasteiger partial charge in [-0.25, -0.2) is 0 Å². The number of nitrogens with one attached hydrogen (secondary N) is 1. The van der Waals surface area contributed by atoms with E-state index in [0.717, 1.165) is 16.7 Å². The van der Waals surface area contributed by atoms with Crippen LogP contribution in [0.15, 0.2) is 48.8 Å². The molecule has 0 saturated heterocycles. The number of amides is 1. The Labute approximate surface area is 119 Å². The number of nitrogens with two attached hydrogens (primary N) is 1. The lowest BCUT2D eigenvalue weighted by Crippen LogP contribution is -2.41. The summed E-state index contributed by atoms with van der Waals surface area (Å²) in [5.41, 5.74) is 9.10. The van der Waals surface area contributed by atoms with Crippen LogP contribution >= 0.6 is 0 Å². The molecule has 1 heterocycles. The number of aromatic nitrogens is 1. The summed E-state index contributed by atoms with van der Waals surface area (Å²) in [7, 11) is 0. The summed E-state index contributed by atoms with van der Waals surface area (Å²) < 4.78 is 0. The van der Waals surface area contributed by atoms with Gasteiger partial charge in [-0.15, -0.1) is 0 Å². The van der Waals surface area contributed by atoms with Crippen LogP contribution in [0.4, 0.5) is 0 Å². The first-order chi connectivity index (χ1) is 9.66. The van der Waals surface area contributed by atoms with Crippen molar-refractivity contribution in [1.82, 2.24) is 10.3 Å². The fourth-order valence-corrected chi connectivity index (χ4v) is 1.96. The fourth-order valence-electron chi connectivity index (χ4n) is 1.96. The molecule has 1 aromatic carbocycles. The van der Waals surface area contributed by atoms with E-state index in [1.165, 1.54) is 0 Å². The Bertz CT molecular complexity index is 569. The van der Waals surface area contributed by atoms with Gasteiger partial charge in [0, 0.05) is 18.9 Å². The second kappa shape index (κ2) is 6.82. The van der Waals surface area contributed by atoms with E-state index in [1.807, 2.05) is 43.3 Å². The van der Waals surface area contributed by atoms with Crippen LogP contribution < -0.4 is 11.1 Å². The van der Waals surface area contributed by atoms with Gasteiger partial charge in [0.1, 0.15) is 0 Å². The summed E-state index contributed by atoms with van der Waals surface area (Å²) in [5.74, 6) is -0.142. The molecular formula is C16H19N3O. The van der Waals surface area contributed by atoms with Gasteiger partial charge in [-0.05, 0) is 36.1 Å². The number of rotatable bonds is 5. The standard InChI is InChI=1S/C16H19N3O/c1-12-7-8-18-10-14(12)11-19-16(20)15(17)9-13-5-3-2-4-6-13/h2-8,10,15H,9,11,17H2,1H3,(H,19,20)/t15-/m0/s1. The molecule has 0 aliphatic carbocycles. The lowest BCUT2D eigenvalue weighted by molar-refractivity contribution is -0.122. The van der Waals surface area contributed by atoms with Crippen molar-refractivity contribution in [3.63, 3.8) is 0 Å². The number of aryl methyl sites for hydroxylation is 1. The zero-order valence-corrected chi connectivity index (χ0v) is 11.5. The number of carbonyl (C=O) groups excluding carboxylic acids is 1. The van der Waals surface area contributed by atoms with Crippen molar-refractivity contribution < 1.29 is 4.79 Å². The average Bonchev–Trinajstić information content (AvgIpc) is 2.47. The lowest BCUT2D eigenvalue weighted by Gasteiger charge is -2.13. The zero-order chi connectivity index (χ0) is 14.4. The molecule has 4 nitrogen and oxygen atoms in total. The number of hydrogen-bond acceptors (Lipinski definition) is 3. The van der Waals surface area contributed by atoms with Crippen molar-refractivity contribution in [3.05, 3.63) is 65.5 Å². The summed E-state index contributed by atoms with van der Waals surface area (Å²) >= 11 is 0. The Morgan fingerprint density at radius 1 is 1.30 bits per heavy atom. The van der Waals surface area contributed by atoms with Crippen LogP contribution in [0, 0.1) is 6.92 Å². The Hall–Kier alpha value is -2.20. The van der Waals surface area contributed by atoms with Crippen LogP contribution in [0.3, 0.4) is 0 Å². The topological polar surface area (TPSA) is 68.0 Å². The highest BCUT2D eigenvalue weighted by Gasteiger charge is 2.13. The monoisotopic (exact) mass is 269 g/mol. The summed E-state index contributed by atoms with van der Waals surface area (Å²) in [5, 5.41) is 2.86. The van der Waals surface area contributed by atoms with Crippen LogP contribution in [0.1, 0.15) is 16.7 Å². The predicted octanol–water partition coefficient (Wildman–Crippen LogP) is 1.58. The maximum Gasteiger partial charge on any atom is 0.237 e. The molecule has 2 aromatic rings. The van der Waals surface area contributed by atoms with E-state index in [2.05, 4.69) is 10.3 Å². The highest BCUT2D eigenvalue weighted by Crippen LogP contribution is 2.05. The molecule has 0 radical (unpaired) electrons. The summed E-state index contributed by atoms with van der Waals surface area (Å²) in [6.45, 7) is 2.45. The molecule has 1 atom stereocenters. The highest BCUT2D eigenvalue weighted by molar-refractivity contribution is 5.81. The van der Waals surface area contributed by atoms with Gasteiger partial charge in [-0.1, -0.05) is 30.3 Å². The molecule has 104 valence electrons. The first kappa shape index (κ1) is 14.2. The van der Waals surface area contributed by atoms with Crippen molar-refractivity contribution in [1.29, 1.82) is 0 Å². The van der Waals surface area contributed by atoms with E-state index in [4.69, 9.17) is 5.73 Å². The molecule has 3 N–H and O–H groups in total. The van der Waals surface area contributed by atoms with Crippen molar-refractivity contribution in [3.8, 4) is 0 Å². The van der Waals surface area contributed by atoms with E-state index < -0.39 is 6.04 Å². The largest absolute Gasteiger partial charge is 0.351 e. The number of benzene rings is 1. The van der Waals surface area contributed by atoms with Crippen molar-refractivity contribution in [2.45, 2.75) is 25.9 Å². The molecule has 4 heteroatoms. The Balaban J connectivity index is 1.87. The van der Waals surface area contributed by atoms with Gasteiger partial charge >= 0.3 is 0 Å². The number of nitrogens with zero attached hydrogens (tertiary/aromatic N) is 1. The van der Waals surface area contributed by atoms with Crippen molar-refractivity contribution in [2.75, 3.05) is 0 Å². The van der Waals surface area contributed by atoms with E-state index >= 15 is 0 Å². The normalized spacial score (nSPS) is 11.9. The van der Waals surface area contributed by atoms with Crippen LogP contribution in [-0.2, 0) is 17.8 Å². The Morgan fingerprint density at radius 3 is 2.75 bits per heavy atom. The quantitative estimate of drug-likeness (QED) is 0.866. The van der Waals surface area contributed by atoms with Gasteiger partial charge < -0.3 is 11.1 Å². The Kier molecular flexibility index (Phi) is 4.85. The molecule has 1 aromatic heterocycles. The first-order valence-corrected chi connectivity index (χ1v) is 6.63. The van der Waals surface area contributed by atoms with E-state index in [9.17, 15) is 4.79 Å². The SMILES string of the molecule is Cc1ccncc1CNC(=O)[C@@H](N)Cc1ccccc1. The third-order valence-corrected chi connectivity index (χ3v) is 3.24. The molecule has 2 rings (SSSR count). The van der Waals surface area contributed by atoms with Crippen molar-refractivity contribution in [2.24, 2.45) is 5.73 Å². The average molecular weight is 269 g/mol. The van der Waals surface area contributed by atoms with E-state index in [1.54, 1.807) is 12.4 Å². The molecule has 0 aliphatic rings. The second-order valence-corrected chi connectivity index (χ2v) is 4.82. The molecule has 0 fully saturated rings. The Morgan fingerprint density at radius 2 is 2.05 bits per heavy atom. The minimum Gasteiger partial charge on any atom is -0.351 e. The molecule has 0 aliphatic heterocycles. The molecule has 20 heavy (non-hydrogen) atoms. The minimum absolute atomic E-state index is 0.142. The smallest absolute Gasteiger partial charge is 0.237 e. The van der Waals surface area contributed by atoms with E-state index in [-0.39, 0.29) is 5.91 Å². The maximum absolute atomic E-state index is 12.0. The summed E-state index contributed by atoms with van der Waals surface area (Å²) in [6, 6.07) is 11.2. The van der Waals surface area contributed by atoms with Crippen LogP contribution in [-0.4, -0.2) is 16.9 Å². The minimum atomic E-state index is -0.533. The van der Waals surface area contributed by atoms with Gasteiger partial charge in [-0.2, -0.15) is 0 Å². The second-order valence-electron chi connectivity index (χ2n) is 4.82. The first-order valence-electron chi connectivity index (χ1n) is 6.63. The lowest BCUT2D eigenvalue weighted by atomic mass is 10.1. The number of pyridine rings is 1. The van der Waals surface area contributed by atoms with Crippen LogP contribution in [0.2, 0.25) is 0 Å². The predicted molar refractivity (Wildman–Crippen MR) is 78.9 cm³/mol. The molecule has 0 spiro atoms. The van der Waals surface area contributed by atoms with Crippen LogP contribution in [0.5, 0.6) is 0 Å². The third-order valence-electron chi connectivity index (χ3n) is 3.24.